The Bertz CT molecular complexity index is 1310. The Morgan fingerprint density at radius 2 is 1.65 bits per heavy atom. The summed E-state index contributed by atoms with van der Waals surface area (Å²) >= 11 is 0. The zero-order chi connectivity index (χ0) is 27.0. The average molecular weight is 526 g/mol. The molecule has 37 heavy (non-hydrogen) atoms. The molecule has 1 N–H and O–H groups in total. The fourth-order valence-electron chi connectivity index (χ4n) is 3.80. The molecule has 2 amide bonds. The van der Waals surface area contributed by atoms with Crippen LogP contribution in [0.5, 0.6) is 0 Å². The van der Waals surface area contributed by atoms with Crippen molar-refractivity contribution in [1.82, 2.24) is 10.2 Å². The molecule has 0 fully saturated rings. The highest BCUT2D eigenvalue weighted by Crippen LogP contribution is 2.25. The molecule has 0 aliphatic carbocycles. The van der Waals surface area contributed by atoms with Crippen LogP contribution in [-0.2, 0) is 26.2 Å². The van der Waals surface area contributed by atoms with Gasteiger partial charge in [0.1, 0.15) is 18.4 Å². The summed E-state index contributed by atoms with van der Waals surface area (Å²) in [6, 6.07) is 19.5. The normalized spacial score (nSPS) is 12.0. The second-order valence-corrected chi connectivity index (χ2v) is 10.6. The van der Waals surface area contributed by atoms with E-state index in [0.29, 0.717) is 17.8 Å². The molecule has 3 aromatic rings. The molecular weight excluding hydrogens is 493 g/mol. The molecule has 0 bridgehead atoms. The zero-order valence-corrected chi connectivity index (χ0v) is 22.0. The zero-order valence-electron chi connectivity index (χ0n) is 21.2. The molecule has 3 rings (SSSR count). The van der Waals surface area contributed by atoms with Crippen LogP contribution in [0.25, 0.3) is 0 Å². The van der Waals surface area contributed by atoms with E-state index in [2.05, 4.69) is 5.32 Å². The molecule has 0 radical (unpaired) electrons. The summed E-state index contributed by atoms with van der Waals surface area (Å²) in [5, 5.41) is 2.79. The first kappa shape index (κ1) is 27.9. The number of sulfonamides is 1. The molecule has 0 saturated carbocycles. The van der Waals surface area contributed by atoms with Gasteiger partial charge in [0, 0.05) is 13.1 Å². The fourth-order valence-corrected chi connectivity index (χ4v) is 5.22. The van der Waals surface area contributed by atoms with Crippen molar-refractivity contribution in [2.45, 2.75) is 44.7 Å². The summed E-state index contributed by atoms with van der Waals surface area (Å²) in [6.45, 7) is 5.27. The van der Waals surface area contributed by atoms with Gasteiger partial charge in [-0.3, -0.25) is 13.9 Å². The molecule has 7 nitrogen and oxygen atoms in total. The van der Waals surface area contributed by atoms with Gasteiger partial charge in [-0.2, -0.15) is 0 Å². The molecule has 0 saturated heterocycles. The van der Waals surface area contributed by atoms with Crippen LogP contribution in [-0.4, -0.2) is 44.3 Å². The van der Waals surface area contributed by atoms with Gasteiger partial charge in [-0.15, -0.1) is 0 Å². The van der Waals surface area contributed by atoms with Crippen LogP contribution < -0.4 is 9.62 Å². The molecule has 3 aromatic carbocycles. The highest BCUT2D eigenvalue weighted by molar-refractivity contribution is 7.92. The summed E-state index contributed by atoms with van der Waals surface area (Å²) in [5.41, 5.74) is 1.77. The van der Waals surface area contributed by atoms with Gasteiger partial charge in [0.05, 0.1) is 10.6 Å². The SMILES string of the molecule is CCCNC(=O)C(C)N(Cc1ccc(F)cc1)C(=O)CN(c1cccc(C)c1)S(=O)(=O)c1ccccc1. The molecule has 0 aliphatic rings. The molecule has 9 heteroatoms. The standard InChI is InChI=1S/C28H32FN3O4S/c1-4-17-30-28(34)22(3)31(19-23-13-15-24(29)16-14-23)27(33)20-32(25-10-8-9-21(2)18-25)37(35,36)26-11-6-5-7-12-26/h5-16,18,22H,4,17,19-20H2,1-3H3,(H,30,34). The maximum atomic E-state index is 13.7. The Morgan fingerprint density at radius 1 is 0.973 bits per heavy atom. The van der Waals surface area contributed by atoms with E-state index in [9.17, 15) is 22.4 Å². The Balaban J connectivity index is 2.00. The minimum absolute atomic E-state index is 0.00681. The first-order valence-corrected chi connectivity index (χ1v) is 13.5. The van der Waals surface area contributed by atoms with Crippen molar-refractivity contribution in [3.8, 4) is 0 Å². The van der Waals surface area contributed by atoms with Crippen molar-refractivity contribution in [3.63, 3.8) is 0 Å². The van der Waals surface area contributed by atoms with Gasteiger partial charge in [-0.1, -0.05) is 49.4 Å². The molecule has 1 unspecified atom stereocenters. The lowest BCUT2D eigenvalue weighted by Gasteiger charge is -2.32. The molecule has 0 spiro atoms. The average Bonchev–Trinajstić information content (AvgIpc) is 2.89. The van der Waals surface area contributed by atoms with Gasteiger partial charge in [-0.25, -0.2) is 12.8 Å². The Labute approximate surface area is 218 Å². The van der Waals surface area contributed by atoms with E-state index in [4.69, 9.17) is 0 Å². The number of nitrogens with zero attached hydrogens (tertiary/aromatic N) is 2. The molecule has 0 aliphatic heterocycles. The van der Waals surface area contributed by atoms with Gasteiger partial charge in [0.2, 0.25) is 11.8 Å². The number of benzene rings is 3. The Hall–Kier alpha value is -3.72. The predicted octanol–water partition coefficient (Wildman–Crippen LogP) is 4.27. The number of anilines is 1. The van der Waals surface area contributed by atoms with Gasteiger partial charge in [0.25, 0.3) is 10.0 Å². The number of amides is 2. The van der Waals surface area contributed by atoms with Crippen molar-refractivity contribution >= 4 is 27.5 Å². The van der Waals surface area contributed by atoms with Gasteiger partial charge in [-0.05, 0) is 67.8 Å². The van der Waals surface area contributed by atoms with Gasteiger partial charge < -0.3 is 10.2 Å². The van der Waals surface area contributed by atoms with Crippen molar-refractivity contribution < 1.29 is 22.4 Å². The van der Waals surface area contributed by atoms with Crippen molar-refractivity contribution in [3.05, 3.63) is 95.8 Å². The maximum Gasteiger partial charge on any atom is 0.264 e. The van der Waals surface area contributed by atoms with E-state index in [0.717, 1.165) is 16.3 Å². The molecule has 196 valence electrons. The number of hydrogen-bond acceptors (Lipinski definition) is 4. The first-order valence-electron chi connectivity index (χ1n) is 12.1. The molecule has 0 heterocycles. The summed E-state index contributed by atoms with van der Waals surface area (Å²) in [7, 11) is -4.10. The third kappa shape index (κ3) is 7.16. The monoisotopic (exact) mass is 525 g/mol. The topological polar surface area (TPSA) is 86.8 Å². The number of halogens is 1. The Morgan fingerprint density at radius 3 is 2.27 bits per heavy atom. The highest BCUT2D eigenvalue weighted by atomic mass is 32.2. The molecule has 1 atom stereocenters. The van der Waals surface area contributed by atoms with E-state index in [1.165, 1.54) is 41.3 Å². The van der Waals surface area contributed by atoms with Crippen LogP contribution in [0, 0.1) is 12.7 Å². The lowest BCUT2D eigenvalue weighted by molar-refractivity contribution is -0.139. The third-order valence-corrected chi connectivity index (χ3v) is 7.67. The van der Waals surface area contributed by atoms with E-state index < -0.39 is 34.3 Å². The third-order valence-electron chi connectivity index (χ3n) is 5.88. The van der Waals surface area contributed by atoms with Crippen LogP contribution in [0.1, 0.15) is 31.4 Å². The minimum atomic E-state index is -4.10. The van der Waals surface area contributed by atoms with Crippen LogP contribution >= 0.6 is 0 Å². The van der Waals surface area contributed by atoms with Crippen LogP contribution in [0.4, 0.5) is 10.1 Å². The Kier molecular flexibility index (Phi) is 9.41. The smallest absolute Gasteiger partial charge is 0.264 e. The quantitative estimate of drug-likeness (QED) is 0.405. The largest absolute Gasteiger partial charge is 0.354 e. The maximum absolute atomic E-state index is 13.7. The second kappa shape index (κ2) is 12.5. The lowest BCUT2D eigenvalue weighted by Crippen LogP contribution is -2.51. The summed E-state index contributed by atoms with van der Waals surface area (Å²) < 4.78 is 41.9. The van der Waals surface area contributed by atoms with Gasteiger partial charge in [0.15, 0.2) is 0 Å². The predicted molar refractivity (Wildman–Crippen MR) is 142 cm³/mol. The number of aryl methyl sites for hydroxylation is 1. The van der Waals surface area contributed by atoms with E-state index >= 15 is 0 Å². The van der Waals surface area contributed by atoms with Crippen molar-refractivity contribution in [2.75, 3.05) is 17.4 Å². The molecule has 0 aromatic heterocycles. The van der Waals surface area contributed by atoms with Gasteiger partial charge >= 0.3 is 0 Å². The number of hydrogen-bond donors (Lipinski definition) is 1. The van der Waals surface area contributed by atoms with Crippen molar-refractivity contribution in [1.29, 1.82) is 0 Å². The summed E-state index contributed by atoms with van der Waals surface area (Å²) in [4.78, 5) is 27.9. The summed E-state index contributed by atoms with van der Waals surface area (Å²) in [6.07, 6.45) is 0.723. The number of carbonyl (C=O) groups is 2. The number of carbonyl (C=O) groups excluding carboxylic acids is 2. The first-order chi connectivity index (χ1) is 17.6. The van der Waals surface area contributed by atoms with Crippen LogP contribution in [0.3, 0.4) is 0 Å². The van der Waals surface area contributed by atoms with Crippen LogP contribution in [0.15, 0.2) is 83.8 Å². The van der Waals surface area contributed by atoms with E-state index in [-0.39, 0.29) is 17.3 Å². The van der Waals surface area contributed by atoms with Crippen LogP contribution in [0.2, 0.25) is 0 Å². The highest BCUT2D eigenvalue weighted by Gasteiger charge is 2.32. The second-order valence-electron chi connectivity index (χ2n) is 8.78. The lowest BCUT2D eigenvalue weighted by atomic mass is 10.1. The minimum Gasteiger partial charge on any atom is -0.354 e. The van der Waals surface area contributed by atoms with E-state index in [1.54, 1.807) is 43.3 Å². The number of rotatable bonds is 11. The van der Waals surface area contributed by atoms with Crippen molar-refractivity contribution in [2.24, 2.45) is 0 Å². The number of nitrogens with one attached hydrogen (secondary N) is 1. The summed E-state index contributed by atoms with van der Waals surface area (Å²) in [5.74, 6) is -1.34. The van der Waals surface area contributed by atoms with E-state index in [1.807, 2.05) is 19.9 Å². The fraction of sp³-hybridized carbons (Fsp3) is 0.286. The molecular formula is C28H32FN3O4S.